The minimum atomic E-state index is -4.78. The molecule has 0 unspecified atom stereocenters. The summed E-state index contributed by atoms with van der Waals surface area (Å²) in [5, 5.41) is 0. The van der Waals surface area contributed by atoms with Gasteiger partial charge in [0, 0.05) is 20.7 Å². The zero-order valence-electron chi connectivity index (χ0n) is 11.5. The summed E-state index contributed by atoms with van der Waals surface area (Å²) in [5.41, 5.74) is -3.52. The summed E-state index contributed by atoms with van der Waals surface area (Å²) in [6.45, 7) is 6.05. The number of nitrogens with zero attached hydrogens (tertiary/aromatic N) is 1. The number of H-pyrrole nitrogens is 1. The maximum atomic E-state index is 12.7. The Morgan fingerprint density at radius 1 is 1.29 bits per heavy atom. The van der Waals surface area contributed by atoms with E-state index in [4.69, 9.17) is 4.74 Å². The second-order valence-corrected chi connectivity index (χ2v) is 11.2. The third kappa shape index (κ3) is 6.96. The van der Waals surface area contributed by atoms with Crippen LogP contribution in [-0.2, 0) is 17.6 Å². The maximum absolute atomic E-state index is 12.7. The van der Waals surface area contributed by atoms with Gasteiger partial charge in [0.2, 0.25) is 0 Å². The standard InChI is InChI=1S/C11H17F3N2O3Si.Na.H/c1-20(2,3)5-4-19-7-16-8(11(12,13)14)6-9(17)15-10(16)18;;/h6H,4-5,7H2,1-3H3,(H,15,17,18);;. The molecule has 0 saturated carbocycles. The van der Waals surface area contributed by atoms with Crippen molar-refractivity contribution in [3.05, 3.63) is 32.6 Å². The number of ether oxygens (including phenoxy) is 1. The van der Waals surface area contributed by atoms with E-state index < -0.39 is 37.9 Å². The summed E-state index contributed by atoms with van der Waals surface area (Å²) in [5.74, 6) is 0. The Hall–Kier alpha value is -0.353. The Bertz CT molecular complexity index is 578. The molecule has 116 valence electrons. The Kier molecular flexibility index (Phi) is 7.64. The number of halogens is 3. The molecule has 0 aromatic carbocycles. The molecule has 5 nitrogen and oxygen atoms in total. The van der Waals surface area contributed by atoms with Gasteiger partial charge in [0.1, 0.15) is 12.4 Å². The van der Waals surface area contributed by atoms with Crippen molar-refractivity contribution in [3.8, 4) is 0 Å². The molecule has 0 spiro atoms. The normalized spacial score (nSPS) is 12.1. The Morgan fingerprint density at radius 2 is 1.86 bits per heavy atom. The number of nitrogens with one attached hydrogen (secondary N) is 1. The minimum absolute atomic E-state index is 0. The molecule has 0 atom stereocenters. The number of alkyl halides is 3. The van der Waals surface area contributed by atoms with Crippen molar-refractivity contribution in [2.75, 3.05) is 6.61 Å². The van der Waals surface area contributed by atoms with E-state index in [9.17, 15) is 22.8 Å². The summed E-state index contributed by atoms with van der Waals surface area (Å²) in [7, 11) is -1.36. The van der Waals surface area contributed by atoms with Crippen molar-refractivity contribution in [1.82, 2.24) is 9.55 Å². The van der Waals surface area contributed by atoms with Crippen molar-refractivity contribution >= 4 is 37.6 Å². The molecule has 21 heavy (non-hydrogen) atoms. The second-order valence-electron chi connectivity index (χ2n) is 5.60. The van der Waals surface area contributed by atoms with Gasteiger partial charge in [-0.05, 0) is 6.04 Å². The zero-order valence-corrected chi connectivity index (χ0v) is 12.5. The molecule has 0 fully saturated rings. The van der Waals surface area contributed by atoms with Crippen LogP contribution in [0.25, 0.3) is 0 Å². The van der Waals surface area contributed by atoms with Gasteiger partial charge < -0.3 is 4.74 Å². The fraction of sp³-hybridized carbons (Fsp3) is 0.636. The SMILES string of the molecule is C[Si](C)(C)CCOCn1c(C(F)(F)F)cc(=O)[nH]c1=O.[NaH]. The Labute approximate surface area is 142 Å². The van der Waals surface area contributed by atoms with Gasteiger partial charge in [0.15, 0.2) is 0 Å². The number of aromatic nitrogens is 2. The molecule has 0 aliphatic rings. The van der Waals surface area contributed by atoms with E-state index in [1.54, 1.807) is 4.98 Å². The van der Waals surface area contributed by atoms with E-state index in [0.717, 1.165) is 6.04 Å². The fourth-order valence-corrected chi connectivity index (χ4v) is 2.17. The number of rotatable bonds is 5. The fourth-order valence-electron chi connectivity index (χ4n) is 1.42. The number of hydrogen-bond donors (Lipinski definition) is 1. The number of aromatic amines is 1. The quantitative estimate of drug-likeness (QED) is 0.650. The topological polar surface area (TPSA) is 64.1 Å². The molecular weight excluding hydrogens is 316 g/mol. The van der Waals surface area contributed by atoms with Crippen molar-refractivity contribution in [2.24, 2.45) is 0 Å². The average Bonchev–Trinajstić information content (AvgIpc) is 2.23. The van der Waals surface area contributed by atoms with E-state index in [2.05, 4.69) is 19.6 Å². The monoisotopic (exact) mass is 334 g/mol. The van der Waals surface area contributed by atoms with Gasteiger partial charge in [-0.2, -0.15) is 13.2 Å². The van der Waals surface area contributed by atoms with Crippen LogP contribution in [-0.4, -0.2) is 53.8 Å². The van der Waals surface area contributed by atoms with Crippen molar-refractivity contribution in [2.45, 2.75) is 38.6 Å². The van der Waals surface area contributed by atoms with Gasteiger partial charge >= 0.3 is 41.4 Å². The molecule has 1 heterocycles. The molecule has 0 aliphatic heterocycles. The van der Waals surface area contributed by atoms with Crippen molar-refractivity contribution in [3.63, 3.8) is 0 Å². The molecule has 0 aliphatic carbocycles. The molecule has 1 aromatic heterocycles. The molecule has 0 radical (unpaired) electrons. The first kappa shape index (κ1) is 20.6. The van der Waals surface area contributed by atoms with E-state index in [-0.39, 0.29) is 36.2 Å². The van der Waals surface area contributed by atoms with Gasteiger partial charge in [-0.1, -0.05) is 19.6 Å². The number of hydrogen-bond acceptors (Lipinski definition) is 3. The van der Waals surface area contributed by atoms with Crippen LogP contribution in [0.4, 0.5) is 13.2 Å². The van der Waals surface area contributed by atoms with E-state index >= 15 is 0 Å². The molecule has 0 saturated heterocycles. The average molecular weight is 334 g/mol. The Morgan fingerprint density at radius 3 is 2.33 bits per heavy atom. The van der Waals surface area contributed by atoms with Crippen LogP contribution in [0.1, 0.15) is 5.69 Å². The molecule has 0 amide bonds. The van der Waals surface area contributed by atoms with Gasteiger partial charge in [0.25, 0.3) is 5.56 Å². The van der Waals surface area contributed by atoms with Crippen LogP contribution in [0, 0.1) is 0 Å². The van der Waals surface area contributed by atoms with Crippen LogP contribution in [0.15, 0.2) is 15.7 Å². The van der Waals surface area contributed by atoms with Gasteiger partial charge in [0.05, 0.1) is 0 Å². The van der Waals surface area contributed by atoms with Gasteiger partial charge in [-0.3, -0.25) is 14.3 Å². The zero-order chi connectivity index (χ0) is 15.6. The van der Waals surface area contributed by atoms with Crippen LogP contribution >= 0.6 is 0 Å². The second kappa shape index (κ2) is 7.77. The third-order valence-corrected chi connectivity index (χ3v) is 4.25. The van der Waals surface area contributed by atoms with Crippen LogP contribution in [0.2, 0.25) is 25.7 Å². The van der Waals surface area contributed by atoms with Gasteiger partial charge in [-0.25, -0.2) is 4.79 Å². The molecule has 0 bridgehead atoms. The van der Waals surface area contributed by atoms with E-state index in [1.807, 2.05) is 0 Å². The Balaban J connectivity index is 0.00000400. The summed E-state index contributed by atoms with van der Waals surface area (Å²) < 4.78 is 43.7. The predicted molar refractivity (Wildman–Crippen MR) is 77.6 cm³/mol. The summed E-state index contributed by atoms with van der Waals surface area (Å²) in [4.78, 5) is 24.2. The first-order valence-corrected chi connectivity index (χ1v) is 9.70. The van der Waals surface area contributed by atoms with Crippen molar-refractivity contribution < 1.29 is 17.9 Å². The van der Waals surface area contributed by atoms with E-state index in [1.165, 1.54) is 0 Å². The third-order valence-electron chi connectivity index (χ3n) is 2.54. The predicted octanol–water partition coefficient (Wildman–Crippen LogP) is 1.22. The molecule has 1 rings (SSSR count). The molecule has 1 aromatic rings. The molecule has 1 N–H and O–H groups in total. The molecule has 10 heteroatoms. The van der Waals surface area contributed by atoms with Crippen LogP contribution in [0.3, 0.4) is 0 Å². The first-order chi connectivity index (χ1) is 9.00. The van der Waals surface area contributed by atoms with Crippen molar-refractivity contribution in [1.29, 1.82) is 0 Å². The van der Waals surface area contributed by atoms with Crippen LogP contribution < -0.4 is 11.2 Å². The molecular formula is C11H18F3N2NaO3Si. The van der Waals surface area contributed by atoms with Crippen LogP contribution in [0.5, 0.6) is 0 Å². The summed E-state index contributed by atoms with van der Waals surface area (Å²) in [6, 6.07) is 1.12. The summed E-state index contributed by atoms with van der Waals surface area (Å²) in [6.07, 6.45) is -4.78. The van der Waals surface area contributed by atoms with E-state index in [0.29, 0.717) is 10.6 Å². The first-order valence-electron chi connectivity index (χ1n) is 6.00. The summed E-state index contributed by atoms with van der Waals surface area (Å²) >= 11 is 0. The van der Waals surface area contributed by atoms with Gasteiger partial charge in [-0.15, -0.1) is 0 Å².